The van der Waals surface area contributed by atoms with Crippen molar-refractivity contribution in [1.29, 1.82) is 0 Å². The van der Waals surface area contributed by atoms with E-state index >= 15 is 4.39 Å². The summed E-state index contributed by atoms with van der Waals surface area (Å²) in [6.45, 7) is 3.01. The molecule has 0 N–H and O–H groups in total. The summed E-state index contributed by atoms with van der Waals surface area (Å²) >= 11 is 0. The van der Waals surface area contributed by atoms with E-state index < -0.39 is 29.8 Å². The Morgan fingerprint density at radius 1 is 0.905 bits per heavy atom. The molecule has 2 aliphatic rings. The minimum Gasteiger partial charge on any atom is -0.442 e. The van der Waals surface area contributed by atoms with E-state index in [2.05, 4.69) is 0 Å². The van der Waals surface area contributed by atoms with Crippen molar-refractivity contribution < 1.29 is 28.3 Å². The van der Waals surface area contributed by atoms with Crippen LogP contribution >= 0.6 is 0 Å². The summed E-state index contributed by atoms with van der Waals surface area (Å²) in [5.41, 5.74) is 1.60. The molecule has 0 aromatic heterocycles. The number of hydrogen-bond donors (Lipinski definition) is 0. The molecule has 2 fully saturated rings. The number of ether oxygens (including phenoxy) is 1. The summed E-state index contributed by atoms with van der Waals surface area (Å²) in [7, 11) is 1.83. The number of rotatable bonds is 6. The smallest absolute Gasteiger partial charge is 0.414 e. The monoisotopic (exact) mass is 573 g/mol. The van der Waals surface area contributed by atoms with Crippen LogP contribution in [-0.2, 0) is 9.53 Å². The third-order valence-electron chi connectivity index (χ3n) is 7.43. The zero-order chi connectivity index (χ0) is 29.8. The Morgan fingerprint density at radius 2 is 1.55 bits per heavy atom. The summed E-state index contributed by atoms with van der Waals surface area (Å²) in [6.07, 6.45) is -1.46. The number of cyclic esters (lactones) is 1. The maximum Gasteiger partial charge on any atom is 0.414 e. The molecule has 0 spiro atoms. The fraction of sp³-hybridized carbons (Fsp3) is 0.290. The van der Waals surface area contributed by atoms with E-state index in [9.17, 15) is 19.2 Å². The van der Waals surface area contributed by atoms with Crippen LogP contribution in [0, 0.1) is 5.82 Å². The van der Waals surface area contributed by atoms with Crippen LogP contribution in [-0.4, -0.2) is 91.2 Å². The van der Waals surface area contributed by atoms with Crippen molar-refractivity contribution in [2.75, 3.05) is 56.1 Å². The van der Waals surface area contributed by atoms with Crippen LogP contribution in [0.15, 0.2) is 78.9 Å². The molecule has 5 rings (SSSR count). The van der Waals surface area contributed by atoms with Crippen LogP contribution in [0.2, 0.25) is 0 Å². The molecule has 2 heterocycles. The first-order valence-electron chi connectivity index (χ1n) is 13.7. The Kier molecular flexibility index (Phi) is 8.48. The van der Waals surface area contributed by atoms with Crippen LogP contribution < -0.4 is 9.80 Å². The summed E-state index contributed by atoms with van der Waals surface area (Å²) in [5, 5.41) is 3.50. The maximum absolute atomic E-state index is 15.5. The topological polar surface area (TPSA) is 93.7 Å². The van der Waals surface area contributed by atoms with Gasteiger partial charge in [0.2, 0.25) is 5.91 Å². The van der Waals surface area contributed by atoms with Gasteiger partial charge in [-0.1, -0.05) is 36.4 Å². The van der Waals surface area contributed by atoms with E-state index in [-0.39, 0.29) is 19.0 Å². The highest BCUT2D eigenvalue weighted by atomic mass is 19.1. The predicted octanol–water partition coefficient (Wildman–Crippen LogP) is 3.65. The standard InChI is InChI=1S/C31H32FN5O5/c1-22(38)35(29(39)23-9-5-3-6-10-23)20-26-21-36(31(41)42-26)25-13-14-28(27(32)19-25)34-16-15-33(2)37(18-17-34)30(40)24-11-7-4-8-12-24/h3-14,19,26H,15-18,20-21H2,1-2H3/t26-/m0/s1. The average Bonchev–Trinajstić information content (AvgIpc) is 3.26. The molecule has 3 aromatic rings. The molecule has 0 radical (unpaired) electrons. The van der Waals surface area contributed by atoms with E-state index in [1.54, 1.807) is 59.6 Å². The van der Waals surface area contributed by atoms with Gasteiger partial charge in [-0.3, -0.25) is 29.2 Å². The lowest BCUT2D eigenvalue weighted by Gasteiger charge is -2.29. The molecule has 4 amide bonds. The number of nitrogens with zero attached hydrogens (tertiary/aromatic N) is 5. The van der Waals surface area contributed by atoms with Gasteiger partial charge in [-0.15, -0.1) is 0 Å². The van der Waals surface area contributed by atoms with E-state index in [1.165, 1.54) is 17.9 Å². The van der Waals surface area contributed by atoms with Gasteiger partial charge >= 0.3 is 6.09 Å². The molecule has 0 bridgehead atoms. The maximum atomic E-state index is 15.5. The Labute approximate surface area is 243 Å². The lowest BCUT2D eigenvalue weighted by molar-refractivity contribution is -0.127. The molecule has 10 nitrogen and oxygen atoms in total. The van der Waals surface area contributed by atoms with Crippen LogP contribution in [0.4, 0.5) is 20.6 Å². The molecule has 42 heavy (non-hydrogen) atoms. The number of carbonyl (C=O) groups excluding carboxylic acids is 4. The van der Waals surface area contributed by atoms with Gasteiger partial charge in [-0.25, -0.2) is 14.2 Å². The average molecular weight is 574 g/mol. The number of likely N-dealkylation sites (N-methyl/N-ethyl adjacent to an activating group) is 1. The molecule has 218 valence electrons. The summed E-state index contributed by atoms with van der Waals surface area (Å²) in [4.78, 5) is 55.1. The van der Waals surface area contributed by atoms with Crippen molar-refractivity contribution in [2.45, 2.75) is 13.0 Å². The van der Waals surface area contributed by atoms with Gasteiger partial charge in [0, 0.05) is 44.7 Å². The van der Waals surface area contributed by atoms with Gasteiger partial charge in [0.15, 0.2) is 0 Å². The fourth-order valence-electron chi connectivity index (χ4n) is 5.15. The molecule has 0 aliphatic carbocycles. The van der Waals surface area contributed by atoms with Crippen LogP contribution in [0.3, 0.4) is 0 Å². The van der Waals surface area contributed by atoms with Gasteiger partial charge in [0.25, 0.3) is 11.8 Å². The predicted molar refractivity (Wildman–Crippen MR) is 154 cm³/mol. The van der Waals surface area contributed by atoms with Gasteiger partial charge < -0.3 is 9.64 Å². The van der Waals surface area contributed by atoms with Crippen molar-refractivity contribution in [3.05, 3.63) is 95.8 Å². The van der Waals surface area contributed by atoms with Crippen molar-refractivity contribution in [2.24, 2.45) is 0 Å². The highest BCUT2D eigenvalue weighted by molar-refractivity contribution is 6.04. The zero-order valence-corrected chi connectivity index (χ0v) is 23.5. The largest absolute Gasteiger partial charge is 0.442 e. The third-order valence-corrected chi connectivity index (χ3v) is 7.43. The Morgan fingerprint density at radius 3 is 2.19 bits per heavy atom. The number of hydrazine groups is 1. The van der Waals surface area contributed by atoms with Crippen LogP contribution in [0.5, 0.6) is 0 Å². The second-order valence-electron chi connectivity index (χ2n) is 10.2. The lowest BCUT2D eigenvalue weighted by atomic mass is 10.2. The van der Waals surface area contributed by atoms with Gasteiger partial charge in [-0.05, 0) is 42.5 Å². The van der Waals surface area contributed by atoms with Crippen molar-refractivity contribution in [3.63, 3.8) is 0 Å². The number of carbonyl (C=O) groups is 4. The first kappa shape index (κ1) is 28.7. The van der Waals surface area contributed by atoms with Crippen LogP contribution in [0.1, 0.15) is 27.6 Å². The summed E-state index contributed by atoms with van der Waals surface area (Å²) in [5.74, 6) is -1.59. The minimum absolute atomic E-state index is 0.0501. The highest BCUT2D eigenvalue weighted by Gasteiger charge is 2.36. The van der Waals surface area contributed by atoms with E-state index in [4.69, 9.17) is 4.74 Å². The van der Waals surface area contributed by atoms with E-state index in [0.717, 1.165) is 4.90 Å². The van der Waals surface area contributed by atoms with Gasteiger partial charge in [-0.2, -0.15) is 0 Å². The summed E-state index contributed by atoms with van der Waals surface area (Å²) in [6, 6.07) is 21.9. The molecular weight excluding hydrogens is 541 g/mol. The Balaban J connectivity index is 1.25. The number of anilines is 2. The number of imide groups is 1. The first-order valence-corrected chi connectivity index (χ1v) is 13.7. The molecule has 2 saturated heterocycles. The number of hydrogen-bond acceptors (Lipinski definition) is 7. The van der Waals surface area contributed by atoms with Crippen molar-refractivity contribution in [1.82, 2.24) is 14.9 Å². The quantitative estimate of drug-likeness (QED) is 0.445. The first-order chi connectivity index (χ1) is 20.2. The summed E-state index contributed by atoms with van der Waals surface area (Å²) < 4.78 is 20.9. The highest BCUT2D eigenvalue weighted by Crippen LogP contribution is 2.29. The van der Waals surface area contributed by atoms with E-state index in [0.29, 0.717) is 48.7 Å². The Hall–Kier alpha value is -4.77. The normalized spacial score (nSPS) is 17.5. The second-order valence-corrected chi connectivity index (χ2v) is 10.2. The lowest BCUT2D eigenvalue weighted by Crippen LogP contribution is -2.44. The zero-order valence-electron chi connectivity index (χ0n) is 23.5. The van der Waals surface area contributed by atoms with Crippen molar-refractivity contribution in [3.8, 4) is 0 Å². The Bertz CT molecular complexity index is 1470. The molecule has 2 aliphatic heterocycles. The molecule has 0 unspecified atom stereocenters. The van der Waals surface area contributed by atoms with Gasteiger partial charge in [0.05, 0.1) is 31.0 Å². The number of halogens is 1. The second kappa shape index (κ2) is 12.4. The fourth-order valence-corrected chi connectivity index (χ4v) is 5.15. The molecule has 11 heteroatoms. The minimum atomic E-state index is -0.772. The number of benzene rings is 3. The molecule has 1 atom stereocenters. The van der Waals surface area contributed by atoms with Crippen LogP contribution in [0.25, 0.3) is 0 Å². The molecule has 0 saturated carbocycles. The third kappa shape index (κ3) is 6.10. The molecular formula is C31H32FN5O5. The molecule has 3 aromatic carbocycles. The van der Waals surface area contributed by atoms with Crippen molar-refractivity contribution >= 4 is 35.2 Å². The number of amides is 4. The van der Waals surface area contributed by atoms with Gasteiger partial charge in [0.1, 0.15) is 11.9 Å². The SMILES string of the molecule is CC(=O)N(C[C@H]1CN(c2ccc(N3CCN(C)N(C(=O)c4ccccc4)CC3)c(F)c2)C(=O)O1)C(=O)c1ccccc1. The van der Waals surface area contributed by atoms with E-state index in [1.807, 2.05) is 35.2 Å².